The summed E-state index contributed by atoms with van der Waals surface area (Å²) >= 11 is 5.29. The van der Waals surface area contributed by atoms with E-state index in [1.165, 1.54) is 17.0 Å². The Morgan fingerprint density at radius 1 is 1.13 bits per heavy atom. The molecule has 2 aromatic carbocycles. The number of benzene rings is 2. The van der Waals surface area contributed by atoms with Crippen LogP contribution in [-0.2, 0) is 24.1 Å². The topological polar surface area (TPSA) is 53.9 Å². The Bertz CT molecular complexity index is 1070. The van der Waals surface area contributed by atoms with Crippen LogP contribution in [0.5, 0.6) is 0 Å². The predicted octanol–water partition coefficient (Wildman–Crippen LogP) is 4.98. The number of hydrogen-bond acceptors (Lipinski definition) is 3. The van der Waals surface area contributed by atoms with Gasteiger partial charge in [-0.25, -0.2) is 0 Å². The van der Waals surface area contributed by atoms with Gasteiger partial charge in [0.1, 0.15) is 0 Å². The van der Waals surface area contributed by atoms with Crippen LogP contribution in [0.1, 0.15) is 23.1 Å². The SMILES string of the molecule is Cc1ccc(-c2n[nH]c(=S)n2CCC(=O)N(C)Cc2ccc(C(F)(F)F)cc2)cc1. The Kier molecular flexibility index (Phi) is 6.40. The third kappa shape index (κ3) is 5.15. The van der Waals surface area contributed by atoms with Crippen molar-refractivity contribution in [1.82, 2.24) is 19.7 Å². The van der Waals surface area contributed by atoms with Crippen molar-refractivity contribution in [2.75, 3.05) is 7.05 Å². The van der Waals surface area contributed by atoms with E-state index in [9.17, 15) is 18.0 Å². The average Bonchev–Trinajstić information content (AvgIpc) is 3.06. The predicted molar refractivity (Wildman–Crippen MR) is 110 cm³/mol. The van der Waals surface area contributed by atoms with Crippen molar-refractivity contribution in [1.29, 1.82) is 0 Å². The second kappa shape index (κ2) is 8.83. The molecule has 1 heterocycles. The maximum atomic E-state index is 12.7. The quantitative estimate of drug-likeness (QED) is 0.557. The van der Waals surface area contributed by atoms with Crippen molar-refractivity contribution in [3.05, 3.63) is 70.0 Å². The summed E-state index contributed by atoms with van der Waals surface area (Å²) < 4.78 is 40.2. The fourth-order valence-electron chi connectivity index (χ4n) is 3.01. The lowest BCUT2D eigenvalue weighted by molar-refractivity contribution is -0.137. The van der Waals surface area contributed by atoms with Gasteiger partial charge in [0.05, 0.1) is 5.56 Å². The van der Waals surface area contributed by atoms with Gasteiger partial charge in [0, 0.05) is 32.1 Å². The number of H-pyrrole nitrogens is 1. The zero-order valence-electron chi connectivity index (χ0n) is 16.5. The minimum absolute atomic E-state index is 0.146. The molecule has 0 aliphatic carbocycles. The maximum absolute atomic E-state index is 12.7. The van der Waals surface area contributed by atoms with E-state index in [-0.39, 0.29) is 18.9 Å². The van der Waals surface area contributed by atoms with Gasteiger partial charge in [0.2, 0.25) is 5.91 Å². The molecule has 1 aromatic heterocycles. The Balaban J connectivity index is 1.64. The molecule has 0 saturated carbocycles. The number of amides is 1. The fourth-order valence-corrected chi connectivity index (χ4v) is 3.23. The van der Waals surface area contributed by atoms with Gasteiger partial charge in [-0.1, -0.05) is 42.0 Å². The van der Waals surface area contributed by atoms with Crippen molar-refractivity contribution >= 4 is 18.1 Å². The number of alkyl halides is 3. The molecule has 5 nitrogen and oxygen atoms in total. The van der Waals surface area contributed by atoms with Gasteiger partial charge in [0.25, 0.3) is 0 Å². The first-order valence-electron chi connectivity index (χ1n) is 9.27. The van der Waals surface area contributed by atoms with Crippen LogP contribution in [-0.4, -0.2) is 32.6 Å². The van der Waals surface area contributed by atoms with E-state index in [1.54, 1.807) is 11.6 Å². The maximum Gasteiger partial charge on any atom is 0.416 e. The van der Waals surface area contributed by atoms with E-state index in [2.05, 4.69) is 10.2 Å². The molecule has 9 heteroatoms. The molecule has 3 rings (SSSR count). The molecule has 30 heavy (non-hydrogen) atoms. The second-order valence-corrected chi connectivity index (χ2v) is 7.45. The van der Waals surface area contributed by atoms with Gasteiger partial charge in [-0.05, 0) is 36.8 Å². The summed E-state index contributed by atoms with van der Waals surface area (Å²) in [6.07, 6.45) is -4.19. The van der Waals surface area contributed by atoms with Crippen LogP contribution in [0.25, 0.3) is 11.4 Å². The Hall–Kier alpha value is -2.94. The van der Waals surface area contributed by atoms with Gasteiger partial charge < -0.3 is 4.90 Å². The highest BCUT2D eigenvalue weighted by Crippen LogP contribution is 2.29. The van der Waals surface area contributed by atoms with E-state index in [0.29, 0.717) is 22.7 Å². The molecule has 0 spiro atoms. The zero-order valence-corrected chi connectivity index (χ0v) is 17.3. The zero-order chi connectivity index (χ0) is 21.9. The second-order valence-electron chi connectivity index (χ2n) is 7.06. The first kappa shape index (κ1) is 21.8. The number of hydrogen-bond donors (Lipinski definition) is 1. The normalized spacial score (nSPS) is 11.5. The molecule has 0 atom stereocenters. The first-order valence-corrected chi connectivity index (χ1v) is 9.68. The van der Waals surface area contributed by atoms with Gasteiger partial charge in [-0.3, -0.25) is 14.5 Å². The summed E-state index contributed by atoms with van der Waals surface area (Å²) in [5.41, 5.74) is 1.93. The smallest absolute Gasteiger partial charge is 0.341 e. The van der Waals surface area contributed by atoms with Gasteiger partial charge in [-0.15, -0.1) is 0 Å². The Labute approximate surface area is 177 Å². The van der Waals surface area contributed by atoms with Crippen molar-refractivity contribution < 1.29 is 18.0 Å². The molecule has 0 unspecified atom stereocenters. The van der Waals surface area contributed by atoms with Crippen LogP contribution < -0.4 is 0 Å². The third-order valence-electron chi connectivity index (χ3n) is 4.74. The number of aryl methyl sites for hydroxylation is 1. The molecule has 0 saturated heterocycles. The molecule has 0 aliphatic heterocycles. The van der Waals surface area contributed by atoms with Crippen LogP contribution >= 0.6 is 12.2 Å². The molecule has 0 radical (unpaired) electrons. The highest BCUT2D eigenvalue weighted by molar-refractivity contribution is 7.71. The molecule has 0 bridgehead atoms. The van der Waals surface area contributed by atoms with Crippen molar-refractivity contribution in [3.8, 4) is 11.4 Å². The number of halogens is 3. The van der Waals surface area contributed by atoms with E-state index in [0.717, 1.165) is 23.3 Å². The summed E-state index contributed by atoms with van der Waals surface area (Å²) in [6.45, 7) is 2.55. The molecule has 3 aromatic rings. The lowest BCUT2D eigenvalue weighted by atomic mass is 10.1. The fraction of sp³-hybridized carbons (Fsp3) is 0.286. The van der Waals surface area contributed by atoms with Gasteiger partial charge >= 0.3 is 6.18 Å². The first-order chi connectivity index (χ1) is 14.1. The lowest BCUT2D eigenvalue weighted by Gasteiger charge is -2.18. The third-order valence-corrected chi connectivity index (χ3v) is 5.06. The minimum atomic E-state index is -4.38. The van der Waals surface area contributed by atoms with E-state index in [4.69, 9.17) is 12.2 Å². The minimum Gasteiger partial charge on any atom is -0.341 e. The standard InChI is InChI=1S/C21H21F3N4OS/c1-14-3-7-16(8-4-14)19-25-26-20(30)28(19)12-11-18(29)27(2)13-15-5-9-17(10-6-15)21(22,23)24/h3-10H,11-13H2,1-2H3,(H,26,30). The molecule has 1 N–H and O–H groups in total. The van der Waals surface area contributed by atoms with Crippen molar-refractivity contribution in [3.63, 3.8) is 0 Å². The van der Waals surface area contributed by atoms with E-state index >= 15 is 0 Å². The number of aromatic nitrogens is 3. The molecular formula is C21H21F3N4OS. The number of nitrogens with zero attached hydrogens (tertiary/aromatic N) is 3. The van der Waals surface area contributed by atoms with Crippen LogP contribution in [0, 0.1) is 11.7 Å². The molecule has 0 fully saturated rings. The summed E-state index contributed by atoms with van der Waals surface area (Å²) in [5.74, 6) is 0.506. The van der Waals surface area contributed by atoms with Crippen LogP contribution in [0.2, 0.25) is 0 Å². The number of rotatable bonds is 6. The van der Waals surface area contributed by atoms with Crippen molar-refractivity contribution in [2.24, 2.45) is 0 Å². The molecule has 0 aliphatic rings. The summed E-state index contributed by atoms with van der Waals surface area (Å²) in [4.78, 5) is 14.0. The number of nitrogens with one attached hydrogen (secondary N) is 1. The molecule has 1 amide bonds. The lowest BCUT2D eigenvalue weighted by Crippen LogP contribution is -2.27. The van der Waals surface area contributed by atoms with Crippen LogP contribution in [0.15, 0.2) is 48.5 Å². The number of aromatic amines is 1. The van der Waals surface area contributed by atoms with E-state index < -0.39 is 11.7 Å². The Morgan fingerprint density at radius 3 is 2.37 bits per heavy atom. The Morgan fingerprint density at radius 2 is 1.77 bits per heavy atom. The molecular weight excluding hydrogens is 413 g/mol. The average molecular weight is 434 g/mol. The number of carbonyl (C=O) groups excluding carboxylic acids is 1. The van der Waals surface area contributed by atoms with E-state index in [1.807, 2.05) is 31.2 Å². The summed E-state index contributed by atoms with van der Waals surface area (Å²) in [5, 5.41) is 7.02. The number of carbonyl (C=O) groups is 1. The largest absolute Gasteiger partial charge is 0.416 e. The van der Waals surface area contributed by atoms with Crippen LogP contribution in [0.4, 0.5) is 13.2 Å². The molecule has 158 valence electrons. The van der Waals surface area contributed by atoms with Gasteiger partial charge in [0.15, 0.2) is 10.6 Å². The summed E-state index contributed by atoms with van der Waals surface area (Å²) in [7, 11) is 1.62. The van der Waals surface area contributed by atoms with Crippen LogP contribution in [0.3, 0.4) is 0 Å². The highest BCUT2D eigenvalue weighted by Gasteiger charge is 2.30. The summed E-state index contributed by atoms with van der Waals surface area (Å²) in [6, 6.07) is 12.6. The van der Waals surface area contributed by atoms with Gasteiger partial charge in [-0.2, -0.15) is 18.3 Å². The van der Waals surface area contributed by atoms with Crippen molar-refractivity contribution in [2.45, 2.75) is 32.6 Å². The monoisotopic (exact) mass is 434 g/mol. The highest BCUT2D eigenvalue weighted by atomic mass is 32.1.